The van der Waals surface area contributed by atoms with Crippen LogP contribution >= 0.6 is 0 Å². The third-order valence-electron chi connectivity index (χ3n) is 3.70. The monoisotopic (exact) mass is 282 g/mol. The van der Waals surface area contributed by atoms with Crippen LogP contribution in [0.1, 0.15) is 45.8 Å². The fourth-order valence-corrected chi connectivity index (χ4v) is 2.50. The lowest BCUT2D eigenvalue weighted by Crippen LogP contribution is -2.24. The fraction of sp³-hybridized carbons (Fsp3) is 0.375. The van der Waals surface area contributed by atoms with E-state index in [1.807, 2.05) is 13.0 Å². The van der Waals surface area contributed by atoms with E-state index in [0.717, 1.165) is 29.9 Å². The summed E-state index contributed by atoms with van der Waals surface area (Å²) >= 11 is 0. The zero-order valence-electron chi connectivity index (χ0n) is 12.1. The van der Waals surface area contributed by atoms with Gasteiger partial charge in [0.25, 0.3) is 5.91 Å². The highest BCUT2D eigenvalue weighted by Gasteiger charge is 2.14. The lowest BCUT2D eigenvalue weighted by Gasteiger charge is -2.15. The molecule has 0 unspecified atom stereocenters. The molecule has 1 N–H and O–H groups in total. The average molecular weight is 282 g/mol. The normalized spacial score (nSPS) is 13.6. The van der Waals surface area contributed by atoms with E-state index in [-0.39, 0.29) is 5.91 Å². The third kappa shape index (κ3) is 3.24. The first-order valence-corrected chi connectivity index (χ1v) is 7.26. The van der Waals surface area contributed by atoms with Crippen molar-refractivity contribution in [1.82, 2.24) is 20.3 Å². The highest BCUT2D eigenvalue weighted by atomic mass is 16.1. The Labute approximate surface area is 123 Å². The van der Waals surface area contributed by atoms with Crippen LogP contribution in [0.15, 0.2) is 24.7 Å². The number of hydrogen-bond donors (Lipinski definition) is 1. The molecule has 108 valence electrons. The second-order valence-electron chi connectivity index (χ2n) is 5.37. The van der Waals surface area contributed by atoms with Crippen molar-refractivity contribution < 1.29 is 4.79 Å². The van der Waals surface area contributed by atoms with Gasteiger partial charge in [0.15, 0.2) is 0 Å². The van der Waals surface area contributed by atoms with Gasteiger partial charge in [0.1, 0.15) is 0 Å². The van der Waals surface area contributed by atoms with Crippen LogP contribution in [0.3, 0.4) is 0 Å². The van der Waals surface area contributed by atoms with Crippen LogP contribution in [0.25, 0.3) is 0 Å². The molecule has 2 aromatic heterocycles. The maximum absolute atomic E-state index is 12.2. The fourth-order valence-electron chi connectivity index (χ4n) is 2.50. The maximum atomic E-state index is 12.2. The molecule has 0 aromatic carbocycles. The van der Waals surface area contributed by atoms with Crippen LogP contribution in [-0.2, 0) is 19.4 Å². The summed E-state index contributed by atoms with van der Waals surface area (Å²) in [6.45, 7) is 2.26. The first kappa shape index (κ1) is 13.7. The molecular weight excluding hydrogens is 264 g/mol. The first-order valence-electron chi connectivity index (χ1n) is 7.26. The van der Waals surface area contributed by atoms with Crippen LogP contribution in [0.4, 0.5) is 0 Å². The highest BCUT2D eigenvalue weighted by Crippen LogP contribution is 2.19. The smallest absolute Gasteiger partial charge is 0.253 e. The zero-order chi connectivity index (χ0) is 14.7. The van der Waals surface area contributed by atoms with Crippen LogP contribution in [-0.4, -0.2) is 20.9 Å². The van der Waals surface area contributed by atoms with Crippen LogP contribution < -0.4 is 5.32 Å². The standard InChI is InChI=1S/C16H18N4O/c1-11-7-18-14(9-17-11)10-20-16(21)13-6-12-4-2-3-5-15(12)19-8-13/h6-9H,2-5,10H2,1H3,(H,20,21). The van der Waals surface area contributed by atoms with E-state index in [2.05, 4.69) is 20.3 Å². The van der Waals surface area contributed by atoms with Gasteiger partial charge in [0, 0.05) is 18.1 Å². The molecule has 2 aromatic rings. The predicted octanol–water partition coefficient (Wildman–Crippen LogP) is 1.99. The van der Waals surface area contributed by atoms with Gasteiger partial charge in [-0.2, -0.15) is 0 Å². The van der Waals surface area contributed by atoms with Crippen molar-refractivity contribution in [3.63, 3.8) is 0 Å². The van der Waals surface area contributed by atoms with Crippen LogP contribution in [0.2, 0.25) is 0 Å². The summed E-state index contributed by atoms with van der Waals surface area (Å²) in [6, 6.07) is 1.97. The van der Waals surface area contributed by atoms with Gasteiger partial charge in [-0.1, -0.05) is 0 Å². The molecule has 0 spiro atoms. The van der Waals surface area contributed by atoms with Gasteiger partial charge in [0.05, 0.1) is 29.7 Å². The van der Waals surface area contributed by atoms with E-state index in [1.54, 1.807) is 18.6 Å². The molecular formula is C16H18N4O. The summed E-state index contributed by atoms with van der Waals surface area (Å²) in [4.78, 5) is 25.0. The summed E-state index contributed by atoms with van der Waals surface area (Å²) < 4.78 is 0. The molecule has 0 bridgehead atoms. The number of aromatic nitrogens is 3. The maximum Gasteiger partial charge on any atom is 0.253 e. The number of fused-ring (bicyclic) bond motifs is 1. The predicted molar refractivity (Wildman–Crippen MR) is 78.8 cm³/mol. The Bertz CT molecular complexity index is 652. The minimum absolute atomic E-state index is 0.113. The number of carbonyl (C=O) groups excluding carboxylic acids is 1. The molecule has 0 saturated carbocycles. The van der Waals surface area contributed by atoms with Crippen molar-refractivity contribution >= 4 is 5.91 Å². The molecule has 0 saturated heterocycles. The van der Waals surface area contributed by atoms with Gasteiger partial charge in [0.2, 0.25) is 0 Å². The van der Waals surface area contributed by atoms with Gasteiger partial charge in [-0.3, -0.25) is 19.7 Å². The molecule has 0 radical (unpaired) electrons. The van der Waals surface area contributed by atoms with Crippen molar-refractivity contribution in [2.75, 3.05) is 0 Å². The molecule has 5 heteroatoms. The zero-order valence-corrected chi connectivity index (χ0v) is 12.1. The lowest BCUT2D eigenvalue weighted by molar-refractivity contribution is 0.0950. The van der Waals surface area contributed by atoms with Crippen LogP contribution in [0.5, 0.6) is 0 Å². The molecule has 1 aliphatic rings. The Balaban J connectivity index is 1.66. The minimum atomic E-state index is -0.113. The molecule has 2 heterocycles. The topological polar surface area (TPSA) is 67.8 Å². The van der Waals surface area contributed by atoms with E-state index in [0.29, 0.717) is 12.1 Å². The number of rotatable bonds is 3. The first-order chi connectivity index (χ1) is 10.2. The van der Waals surface area contributed by atoms with E-state index in [1.165, 1.54) is 18.4 Å². The lowest BCUT2D eigenvalue weighted by atomic mass is 9.95. The largest absolute Gasteiger partial charge is 0.346 e. The summed E-state index contributed by atoms with van der Waals surface area (Å²) in [6.07, 6.45) is 9.46. The minimum Gasteiger partial charge on any atom is -0.346 e. The molecule has 0 fully saturated rings. The molecule has 0 atom stereocenters. The van der Waals surface area contributed by atoms with Gasteiger partial charge < -0.3 is 5.32 Å². The second-order valence-corrected chi connectivity index (χ2v) is 5.37. The van der Waals surface area contributed by atoms with Crippen molar-refractivity contribution in [3.8, 4) is 0 Å². The SMILES string of the molecule is Cc1cnc(CNC(=O)c2cnc3c(c2)CCCC3)cn1. The summed E-state index contributed by atoms with van der Waals surface area (Å²) in [5, 5.41) is 2.86. The summed E-state index contributed by atoms with van der Waals surface area (Å²) in [7, 11) is 0. The Morgan fingerprint density at radius 1 is 1.14 bits per heavy atom. The van der Waals surface area contributed by atoms with E-state index in [9.17, 15) is 4.79 Å². The molecule has 3 rings (SSSR count). The van der Waals surface area contributed by atoms with E-state index in [4.69, 9.17) is 0 Å². The van der Waals surface area contributed by atoms with Gasteiger partial charge in [-0.05, 0) is 44.2 Å². The third-order valence-corrected chi connectivity index (χ3v) is 3.70. The van der Waals surface area contributed by atoms with Crippen molar-refractivity contribution in [2.24, 2.45) is 0 Å². The van der Waals surface area contributed by atoms with Gasteiger partial charge in [-0.15, -0.1) is 0 Å². The number of aryl methyl sites for hydroxylation is 3. The second kappa shape index (κ2) is 5.99. The van der Waals surface area contributed by atoms with Crippen molar-refractivity contribution in [2.45, 2.75) is 39.2 Å². The molecule has 5 nitrogen and oxygen atoms in total. The van der Waals surface area contributed by atoms with E-state index < -0.39 is 0 Å². The Hall–Kier alpha value is -2.30. The average Bonchev–Trinajstić information content (AvgIpc) is 2.53. The number of nitrogens with one attached hydrogen (secondary N) is 1. The Morgan fingerprint density at radius 2 is 2.00 bits per heavy atom. The number of carbonyl (C=O) groups is 1. The number of nitrogens with zero attached hydrogens (tertiary/aromatic N) is 3. The van der Waals surface area contributed by atoms with E-state index >= 15 is 0 Å². The van der Waals surface area contributed by atoms with Gasteiger partial charge >= 0.3 is 0 Å². The molecule has 0 aliphatic heterocycles. The van der Waals surface area contributed by atoms with Crippen molar-refractivity contribution in [3.05, 3.63) is 52.9 Å². The summed E-state index contributed by atoms with van der Waals surface area (Å²) in [5.41, 5.74) is 4.59. The molecule has 1 amide bonds. The Morgan fingerprint density at radius 3 is 2.81 bits per heavy atom. The highest BCUT2D eigenvalue weighted by molar-refractivity contribution is 5.94. The number of pyridine rings is 1. The van der Waals surface area contributed by atoms with Crippen molar-refractivity contribution in [1.29, 1.82) is 0 Å². The number of hydrogen-bond acceptors (Lipinski definition) is 4. The Kier molecular flexibility index (Phi) is 3.90. The summed E-state index contributed by atoms with van der Waals surface area (Å²) in [5.74, 6) is -0.113. The van der Waals surface area contributed by atoms with Crippen LogP contribution in [0, 0.1) is 6.92 Å². The molecule has 21 heavy (non-hydrogen) atoms. The quantitative estimate of drug-likeness (QED) is 0.934. The molecule has 1 aliphatic carbocycles. The number of amides is 1. The van der Waals surface area contributed by atoms with Gasteiger partial charge in [-0.25, -0.2) is 0 Å².